The van der Waals surface area contributed by atoms with E-state index in [-0.39, 0.29) is 12.0 Å². The Labute approximate surface area is 118 Å². The van der Waals surface area contributed by atoms with Crippen LogP contribution >= 0.6 is 11.3 Å². The van der Waals surface area contributed by atoms with Crippen molar-refractivity contribution in [3.8, 4) is 0 Å². The molecule has 0 spiro atoms. The number of hydrogen-bond donors (Lipinski definition) is 1. The smallest absolute Gasteiger partial charge is 0.410 e. The molecule has 2 atom stereocenters. The highest BCUT2D eigenvalue weighted by atomic mass is 32.1. The lowest BCUT2D eigenvalue weighted by atomic mass is 10.0. The zero-order valence-corrected chi connectivity index (χ0v) is 12.7. The van der Waals surface area contributed by atoms with Crippen molar-refractivity contribution in [1.82, 2.24) is 4.90 Å². The van der Waals surface area contributed by atoms with E-state index in [0.717, 1.165) is 0 Å². The molecule has 2 heterocycles. The lowest BCUT2D eigenvalue weighted by Gasteiger charge is -2.24. The van der Waals surface area contributed by atoms with Gasteiger partial charge in [-0.1, -0.05) is 0 Å². The van der Waals surface area contributed by atoms with Gasteiger partial charge in [-0.3, -0.25) is 0 Å². The summed E-state index contributed by atoms with van der Waals surface area (Å²) in [4.78, 5) is 14.8. The van der Waals surface area contributed by atoms with Gasteiger partial charge in [-0.05, 0) is 44.7 Å². The first kappa shape index (κ1) is 14.3. The van der Waals surface area contributed by atoms with E-state index >= 15 is 0 Å². The molecule has 0 bridgehead atoms. The number of hydrogen-bond acceptors (Lipinski definition) is 4. The van der Waals surface area contributed by atoms with E-state index in [9.17, 15) is 9.90 Å². The fourth-order valence-corrected chi connectivity index (χ4v) is 3.36. The number of carbonyl (C=O) groups is 1. The monoisotopic (exact) mass is 283 g/mol. The molecule has 0 unspecified atom stereocenters. The molecule has 1 aromatic heterocycles. The maximum atomic E-state index is 12.0. The maximum absolute atomic E-state index is 12.0. The average molecular weight is 283 g/mol. The number of thiophene rings is 1. The number of aliphatic hydroxyl groups is 1. The fourth-order valence-electron chi connectivity index (χ4n) is 2.28. The first-order chi connectivity index (χ1) is 8.78. The Morgan fingerprint density at radius 2 is 2.16 bits per heavy atom. The molecule has 0 aliphatic carbocycles. The van der Waals surface area contributed by atoms with Crippen molar-refractivity contribution in [1.29, 1.82) is 0 Å². The third-order valence-corrected chi connectivity index (χ3v) is 4.33. The average Bonchev–Trinajstić information content (AvgIpc) is 2.82. The number of rotatable bonds is 1. The minimum atomic E-state index is -0.509. The van der Waals surface area contributed by atoms with Crippen molar-refractivity contribution in [3.05, 3.63) is 21.9 Å². The SMILES string of the molecule is Cc1ccsc1[C@@H]1CN(C(=O)OC(C)(C)C)C[C@H]1O. The second-order valence-corrected chi connectivity index (χ2v) is 6.97. The highest BCUT2D eigenvalue weighted by Gasteiger charge is 2.37. The van der Waals surface area contributed by atoms with E-state index in [1.807, 2.05) is 39.1 Å². The van der Waals surface area contributed by atoms with Crippen LogP contribution in [0.5, 0.6) is 0 Å². The maximum Gasteiger partial charge on any atom is 0.410 e. The van der Waals surface area contributed by atoms with Gasteiger partial charge in [0.15, 0.2) is 0 Å². The van der Waals surface area contributed by atoms with Crippen LogP contribution < -0.4 is 0 Å². The Kier molecular flexibility index (Phi) is 3.87. The van der Waals surface area contributed by atoms with E-state index in [4.69, 9.17) is 4.74 Å². The molecule has 1 aromatic rings. The van der Waals surface area contributed by atoms with Gasteiger partial charge in [-0.15, -0.1) is 11.3 Å². The van der Waals surface area contributed by atoms with Crippen LogP contribution in [0.3, 0.4) is 0 Å². The van der Waals surface area contributed by atoms with Crippen LogP contribution in [0.15, 0.2) is 11.4 Å². The van der Waals surface area contributed by atoms with E-state index in [2.05, 4.69) is 0 Å². The Hall–Kier alpha value is -1.07. The van der Waals surface area contributed by atoms with Gasteiger partial charge in [0.25, 0.3) is 0 Å². The van der Waals surface area contributed by atoms with Gasteiger partial charge in [0.1, 0.15) is 5.60 Å². The molecular formula is C14H21NO3S. The normalized spacial score (nSPS) is 23.7. The lowest BCUT2D eigenvalue weighted by molar-refractivity contribution is 0.0270. The van der Waals surface area contributed by atoms with E-state index in [0.29, 0.717) is 13.1 Å². The summed E-state index contributed by atoms with van der Waals surface area (Å²) < 4.78 is 5.35. The minimum Gasteiger partial charge on any atom is -0.444 e. The van der Waals surface area contributed by atoms with E-state index in [1.165, 1.54) is 10.4 Å². The number of ether oxygens (including phenoxy) is 1. The molecule has 1 fully saturated rings. The van der Waals surface area contributed by atoms with Crippen LogP contribution in [0, 0.1) is 6.92 Å². The molecule has 4 nitrogen and oxygen atoms in total. The van der Waals surface area contributed by atoms with Crippen molar-refractivity contribution in [2.45, 2.75) is 45.3 Å². The van der Waals surface area contributed by atoms with Gasteiger partial charge < -0.3 is 14.7 Å². The Morgan fingerprint density at radius 1 is 1.47 bits per heavy atom. The molecule has 1 saturated heterocycles. The summed E-state index contributed by atoms with van der Waals surface area (Å²) in [7, 11) is 0. The number of aliphatic hydroxyl groups excluding tert-OH is 1. The first-order valence-electron chi connectivity index (χ1n) is 6.48. The Balaban J connectivity index is 2.06. The molecule has 106 valence electrons. The van der Waals surface area contributed by atoms with Gasteiger partial charge in [-0.2, -0.15) is 0 Å². The first-order valence-corrected chi connectivity index (χ1v) is 7.36. The van der Waals surface area contributed by atoms with Crippen molar-refractivity contribution in [2.24, 2.45) is 0 Å². The van der Waals surface area contributed by atoms with Crippen LogP contribution in [-0.4, -0.2) is 40.9 Å². The molecular weight excluding hydrogens is 262 g/mol. The summed E-state index contributed by atoms with van der Waals surface area (Å²) in [6, 6.07) is 2.04. The van der Waals surface area contributed by atoms with Crippen LogP contribution in [-0.2, 0) is 4.74 Å². The zero-order valence-electron chi connectivity index (χ0n) is 11.8. The quantitative estimate of drug-likeness (QED) is 0.862. The molecule has 0 radical (unpaired) electrons. The van der Waals surface area contributed by atoms with Gasteiger partial charge in [0.05, 0.1) is 12.6 Å². The summed E-state index contributed by atoms with van der Waals surface area (Å²) in [5.41, 5.74) is 0.680. The lowest BCUT2D eigenvalue weighted by Crippen LogP contribution is -2.35. The van der Waals surface area contributed by atoms with E-state index in [1.54, 1.807) is 16.2 Å². The number of likely N-dealkylation sites (tertiary alicyclic amines) is 1. The molecule has 2 rings (SSSR count). The fraction of sp³-hybridized carbons (Fsp3) is 0.643. The molecule has 0 saturated carbocycles. The summed E-state index contributed by atoms with van der Waals surface area (Å²) in [6.45, 7) is 8.44. The molecule has 5 heteroatoms. The number of nitrogens with zero attached hydrogens (tertiary/aromatic N) is 1. The minimum absolute atomic E-state index is 0.00696. The Bertz CT molecular complexity index is 464. The van der Waals surface area contributed by atoms with Crippen molar-refractivity contribution in [3.63, 3.8) is 0 Å². The van der Waals surface area contributed by atoms with Crippen LogP contribution in [0.2, 0.25) is 0 Å². The number of aryl methyl sites for hydroxylation is 1. The van der Waals surface area contributed by atoms with Crippen LogP contribution in [0.25, 0.3) is 0 Å². The third kappa shape index (κ3) is 3.28. The van der Waals surface area contributed by atoms with Crippen LogP contribution in [0.1, 0.15) is 37.1 Å². The Morgan fingerprint density at radius 3 is 2.68 bits per heavy atom. The highest BCUT2D eigenvalue weighted by molar-refractivity contribution is 7.10. The zero-order chi connectivity index (χ0) is 14.2. The number of β-amino-alcohol motifs (C(OH)–C–C–N with tert-alkyl or cyclic N) is 1. The molecule has 1 N–H and O–H groups in total. The topological polar surface area (TPSA) is 49.8 Å². The van der Waals surface area contributed by atoms with Gasteiger partial charge in [0, 0.05) is 17.3 Å². The summed E-state index contributed by atoms with van der Waals surface area (Å²) in [6.07, 6.45) is -0.854. The molecule has 1 amide bonds. The summed E-state index contributed by atoms with van der Waals surface area (Å²) >= 11 is 1.64. The number of amides is 1. The van der Waals surface area contributed by atoms with Crippen molar-refractivity contribution >= 4 is 17.4 Å². The molecule has 1 aliphatic rings. The predicted octanol–water partition coefficient (Wildman–Crippen LogP) is 2.75. The highest BCUT2D eigenvalue weighted by Crippen LogP contribution is 2.33. The van der Waals surface area contributed by atoms with Gasteiger partial charge in [0.2, 0.25) is 0 Å². The van der Waals surface area contributed by atoms with Crippen molar-refractivity contribution in [2.75, 3.05) is 13.1 Å². The van der Waals surface area contributed by atoms with Crippen LogP contribution in [0.4, 0.5) is 4.79 Å². The standard InChI is InChI=1S/C14H21NO3S/c1-9-5-6-19-12(9)10-7-15(8-11(10)16)13(17)18-14(2,3)4/h5-6,10-11,16H,7-8H2,1-4H3/t10-,11-/m1/s1. The summed E-state index contributed by atoms with van der Waals surface area (Å²) in [5.74, 6) is 0.00696. The van der Waals surface area contributed by atoms with E-state index < -0.39 is 11.7 Å². The van der Waals surface area contributed by atoms with Gasteiger partial charge >= 0.3 is 6.09 Å². The number of carbonyl (C=O) groups excluding carboxylic acids is 1. The third-order valence-electron chi connectivity index (χ3n) is 3.18. The predicted molar refractivity (Wildman–Crippen MR) is 75.6 cm³/mol. The summed E-state index contributed by atoms with van der Waals surface area (Å²) in [5, 5.41) is 12.2. The molecule has 1 aliphatic heterocycles. The molecule has 19 heavy (non-hydrogen) atoms. The molecule has 0 aromatic carbocycles. The largest absolute Gasteiger partial charge is 0.444 e. The van der Waals surface area contributed by atoms with Gasteiger partial charge in [-0.25, -0.2) is 4.79 Å². The second-order valence-electron chi connectivity index (χ2n) is 6.03. The second kappa shape index (κ2) is 5.13. The van der Waals surface area contributed by atoms with Crippen molar-refractivity contribution < 1.29 is 14.6 Å².